The zero-order chi connectivity index (χ0) is 13.0. The number of nitrogens with zero attached hydrogens (tertiary/aromatic N) is 1. The van der Waals surface area contributed by atoms with Crippen molar-refractivity contribution in [3.8, 4) is 0 Å². The summed E-state index contributed by atoms with van der Waals surface area (Å²) >= 11 is 0. The van der Waals surface area contributed by atoms with Gasteiger partial charge in [0, 0.05) is 18.3 Å². The molecular weight excluding hydrogens is 210 g/mol. The zero-order valence-corrected chi connectivity index (χ0v) is 11.6. The molecule has 1 N–H and O–H groups in total. The summed E-state index contributed by atoms with van der Waals surface area (Å²) in [5.41, 5.74) is 2.21. The quantitative estimate of drug-likeness (QED) is 0.842. The minimum atomic E-state index is -0.387. The molecule has 2 heteroatoms. The topological polar surface area (TPSA) is 23.5 Å². The highest BCUT2D eigenvalue weighted by Crippen LogP contribution is 2.21. The van der Waals surface area contributed by atoms with Gasteiger partial charge in [0.05, 0.1) is 6.10 Å². The molecule has 0 fully saturated rings. The van der Waals surface area contributed by atoms with Crippen LogP contribution in [0, 0.1) is 5.92 Å². The third-order valence-corrected chi connectivity index (χ3v) is 2.89. The Labute approximate surface area is 105 Å². The van der Waals surface area contributed by atoms with E-state index in [1.807, 2.05) is 12.1 Å². The van der Waals surface area contributed by atoms with E-state index in [4.69, 9.17) is 0 Å². The summed E-state index contributed by atoms with van der Waals surface area (Å²) in [5, 5.41) is 9.49. The molecular formula is C15H25NO. The fourth-order valence-electron chi connectivity index (χ4n) is 1.95. The fraction of sp³-hybridized carbons (Fsp3) is 0.600. The lowest BCUT2D eigenvalue weighted by atomic mass is 10.1. The molecule has 96 valence electrons. The first-order chi connectivity index (χ1) is 7.91. The number of aliphatic hydroxyl groups excluding tert-OH is 1. The van der Waals surface area contributed by atoms with Gasteiger partial charge in [-0.15, -0.1) is 0 Å². The van der Waals surface area contributed by atoms with E-state index in [0.29, 0.717) is 12.0 Å². The van der Waals surface area contributed by atoms with E-state index < -0.39 is 0 Å². The minimum absolute atomic E-state index is 0.387. The van der Waals surface area contributed by atoms with Crippen LogP contribution < -0.4 is 4.90 Å². The largest absolute Gasteiger partial charge is 0.389 e. The Morgan fingerprint density at radius 3 is 1.88 bits per heavy atom. The van der Waals surface area contributed by atoms with Crippen molar-refractivity contribution >= 4 is 5.69 Å². The predicted octanol–water partition coefficient (Wildman–Crippen LogP) is 3.61. The molecule has 0 aromatic heterocycles. The third kappa shape index (κ3) is 4.04. The number of hydrogen-bond donors (Lipinski definition) is 1. The first-order valence-electron chi connectivity index (χ1n) is 6.46. The van der Waals surface area contributed by atoms with Crippen LogP contribution in [0.15, 0.2) is 24.3 Å². The number of anilines is 1. The molecule has 17 heavy (non-hydrogen) atoms. The summed E-state index contributed by atoms with van der Waals surface area (Å²) in [7, 11) is 0. The van der Waals surface area contributed by atoms with E-state index in [1.54, 1.807) is 6.92 Å². The smallest absolute Gasteiger partial charge is 0.0761 e. The maximum absolute atomic E-state index is 9.49. The fourth-order valence-corrected chi connectivity index (χ4v) is 1.95. The Hall–Kier alpha value is -1.02. The molecule has 2 nitrogen and oxygen atoms in total. The van der Waals surface area contributed by atoms with Gasteiger partial charge in [0.1, 0.15) is 0 Å². The Balaban J connectivity index is 2.87. The first-order valence-corrected chi connectivity index (χ1v) is 6.46. The summed E-state index contributed by atoms with van der Waals surface area (Å²) < 4.78 is 0. The van der Waals surface area contributed by atoms with Crippen LogP contribution in [0.25, 0.3) is 0 Å². The van der Waals surface area contributed by atoms with Crippen LogP contribution in [0.4, 0.5) is 5.69 Å². The van der Waals surface area contributed by atoms with Crippen molar-refractivity contribution in [3.63, 3.8) is 0 Å². The van der Waals surface area contributed by atoms with Gasteiger partial charge >= 0.3 is 0 Å². The van der Waals surface area contributed by atoms with Crippen molar-refractivity contribution in [2.24, 2.45) is 5.92 Å². The molecule has 0 heterocycles. The highest BCUT2D eigenvalue weighted by atomic mass is 16.3. The molecule has 0 saturated heterocycles. The van der Waals surface area contributed by atoms with Gasteiger partial charge in [0.25, 0.3) is 0 Å². The van der Waals surface area contributed by atoms with Gasteiger partial charge in [0.15, 0.2) is 0 Å². The average molecular weight is 235 g/mol. The van der Waals surface area contributed by atoms with Crippen molar-refractivity contribution in [1.29, 1.82) is 0 Å². The molecule has 1 unspecified atom stereocenters. The molecule has 0 aliphatic heterocycles. The summed E-state index contributed by atoms with van der Waals surface area (Å²) in [6.45, 7) is 11.8. The maximum Gasteiger partial charge on any atom is 0.0761 e. The molecule has 1 rings (SSSR count). The molecule has 0 aliphatic carbocycles. The Kier molecular flexibility index (Phi) is 5.01. The van der Waals surface area contributed by atoms with Crippen LogP contribution in [-0.4, -0.2) is 17.7 Å². The number of benzene rings is 1. The van der Waals surface area contributed by atoms with Gasteiger partial charge in [0.2, 0.25) is 0 Å². The molecule has 0 spiro atoms. The lowest BCUT2D eigenvalue weighted by Crippen LogP contribution is -2.34. The highest BCUT2D eigenvalue weighted by Gasteiger charge is 2.12. The normalized spacial score (nSPS) is 13.2. The van der Waals surface area contributed by atoms with Crippen molar-refractivity contribution in [3.05, 3.63) is 29.8 Å². The number of aliphatic hydroxyl groups is 1. The molecule has 1 aromatic rings. The second-order valence-corrected chi connectivity index (χ2v) is 5.41. The summed E-state index contributed by atoms with van der Waals surface area (Å²) in [4.78, 5) is 2.40. The lowest BCUT2D eigenvalue weighted by Gasteiger charge is -2.31. The van der Waals surface area contributed by atoms with E-state index in [-0.39, 0.29) is 6.10 Å². The summed E-state index contributed by atoms with van der Waals surface area (Å²) in [6.07, 6.45) is -0.387. The molecule has 0 amide bonds. The Morgan fingerprint density at radius 1 is 1.00 bits per heavy atom. The second kappa shape index (κ2) is 6.06. The van der Waals surface area contributed by atoms with Crippen LogP contribution in [0.3, 0.4) is 0 Å². The predicted molar refractivity (Wildman–Crippen MR) is 74.4 cm³/mol. The monoisotopic (exact) mass is 235 g/mol. The van der Waals surface area contributed by atoms with E-state index in [9.17, 15) is 5.11 Å². The molecule has 1 atom stereocenters. The summed E-state index contributed by atoms with van der Waals surface area (Å²) in [6, 6.07) is 8.72. The standard InChI is InChI=1S/C15H25NO/c1-11(2)10-16(12(3)4)15-8-6-14(7-9-15)13(5)17/h6-9,11-13,17H,10H2,1-5H3. The highest BCUT2D eigenvalue weighted by molar-refractivity contribution is 5.48. The van der Waals surface area contributed by atoms with Gasteiger partial charge in [-0.05, 0) is 44.4 Å². The Morgan fingerprint density at radius 2 is 1.53 bits per heavy atom. The van der Waals surface area contributed by atoms with Gasteiger partial charge in [-0.3, -0.25) is 0 Å². The number of rotatable bonds is 5. The zero-order valence-electron chi connectivity index (χ0n) is 11.6. The number of hydrogen-bond acceptors (Lipinski definition) is 2. The van der Waals surface area contributed by atoms with Crippen LogP contribution in [0.1, 0.15) is 46.3 Å². The van der Waals surface area contributed by atoms with Crippen LogP contribution >= 0.6 is 0 Å². The SMILES string of the molecule is CC(C)CN(c1ccc(C(C)O)cc1)C(C)C. The molecule has 0 saturated carbocycles. The first kappa shape index (κ1) is 14.0. The minimum Gasteiger partial charge on any atom is -0.389 e. The van der Waals surface area contributed by atoms with Crippen LogP contribution in [-0.2, 0) is 0 Å². The molecule has 0 radical (unpaired) electrons. The van der Waals surface area contributed by atoms with Gasteiger partial charge in [-0.1, -0.05) is 26.0 Å². The van der Waals surface area contributed by atoms with Crippen molar-refractivity contribution < 1.29 is 5.11 Å². The van der Waals surface area contributed by atoms with Crippen molar-refractivity contribution in [1.82, 2.24) is 0 Å². The molecule has 0 aliphatic rings. The Bertz CT molecular complexity index is 327. The van der Waals surface area contributed by atoms with Crippen molar-refractivity contribution in [2.45, 2.75) is 46.8 Å². The van der Waals surface area contributed by atoms with E-state index in [0.717, 1.165) is 12.1 Å². The van der Waals surface area contributed by atoms with Gasteiger partial charge in [-0.2, -0.15) is 0 Å². The van der Waals surface area contributed by atoms with E-state index in [2.05, 4.69) is 44.7 Å². The van der Waals surface area contributed by atoms with E-state index >= 15 is 0 Å². The average Bonchev–Trinajstić information content (AvgIpc) is 2.25. The maximum atomic E-state index is 9.49. The van der Waals surface area contributed by atoms with E-state index in [1.165, 1.54) is 5.69 Å². The van der Waals surface area contributed by atoms with Gasteiger partial charge < -0.3 is 10.0 Å². The molecule has 0 bridgehead atoms. The third-order valence-electron chi connectivity index (χ3n) is 2.89. The van der Waals surface area contributed by atoms with Crippen LogP contribution in [0.2, 0.25) is 0 Å². The van der Waals surface area contributed by atoms with Crippen LogP contribution in [0.5, 0.6) is 0 Å². The second-order valence-electron chi connectivity index (χ2n) is 5.41. The summed E-state index contributed by atoms with van der Waals surface area (Å²) in [5.74, 6) is 0.647. The van der Waals surface area contributed by atoms with Crippen molar-refractivity contribution in [2.75, 3.05) is 11.4 Å². The van der Waals surface area contributed by atoms with Gasteiger partial charge in [-0.25, -0.2) is 0 Å². The lowest BCUT2D eigenvalue weighted by molar-refractivity contribution is 0.199. The molecule has 1 aromatic carbocycles.